The van der Waals surface area contributed by atoms with Gasteiger partial charge >= 0.3 is 0 Å². The first-order valence-corrected chi connectivity index (χ1v) is 6.31. The Morgan fingerprint density at radius 2 is 1.88 bits per heavy atom. The average molecular weight is 263 g/mol. The second-order valence-electron chi connectivity index (χ2n) is 4.10. The van der Waals surface area contributed by atoms with Gasteiger partial charge in [0.25, 0.3) is 0 Å². The summed E-state index contributed by atoms with van der Waals surface area (Å²) in [5, 5.41) is 0.751. The van der Waals surface area contributed by atoms with Crippen LogP contribution in [0.15, 0.2) is 30.4 Å². The summed E-state index contributed by atoms with van der Waals surface area (Å²) in [6.45, 7) is 0. The Balaban J connectivity index is 2.22. The molecule has 0 saturated carbocycles. The molecule has 0 amide bonds. The first-order valence-electron chi connectivity index (χ1n) is 5.52. The molecule has 1 heterocycles. The number of fused-ring (bicyclic) bond motifs is 1. The van der Waals surface area contributed by atoms with Gasteiger partial charge in [-0.05, 0) is 42.8 Å². The number of allylic oxidation sites excluding steroid dienone is 4. The van der Waals surface area contributed by atoms with Crippen molar-refractivity contribution in [1.82, 2.24) is 9.97 Å². The van der Waals surface area contributed by atoms with E-state index in [9.17, 15) is 0 Å². The maximum absolute atomic E-state index is 6.30. The number of H-pyrrole nitrogens is 2. The lowest BCUT2D eigenvalue weighted by Crippen LogP contribution is -1.88. The molecule has 2 N–H and O–H groups in total. The molecule has 0 spiro atoms. The van der Waals surface area contributed by atoms with E-state index in [2.05, 4.69) is 28.2 Å². The fourth-order valence-electron chi connectivity index (χ4n) is 2.09. The highest BCUT2D eigenvalue weighted by Crippen LogP contribution is 2.30. The van der Waals surface area contributed by atoms with E-state index in [4.69, 9.17) is 23.8 Å². The molecule has 2 aromatic rings. The Kier molecular flexibility index (Phi) is 2.65. The molecular weight excluding hydrogens is 252 g/mol. The van der Waals surface area contributed by atoms with Crippen LogP contribution in [-0.4, -0.2) is 9.97 Å². The van der Waals surface area contributed by atoms with Crippen molar-refractivity contribution in [3.8, 4) is 0 Å². The Bertz CT molecular complexity index is 691. The predicted molar refractivity (Wildman–Crippen MR) is 74.8 cm³/mol. The summed E-state index contributed by atoms with van der Waals surface area (Å²) < 4.78 is 0.626. The maximum atomic E-state index is 6.30. The minimum absolute atomic E-state index is 0.626. The van der Waals surface area contributed by atoms with E-state index < -0.39 is 0 Å². The lowest BCUT2D eigenvalue weighted by molar-refractivity contribution is 1.04. The van der Waals surface area contributed by atoms with Gasteiger partial charge in [0, 0.05) is 5.56 Å². The number of aromatic nitrogens is 2. The van der Waals surface area contributed by atoms with E-state index in [1.807, 2.05) is 12.1 Å². The zero-order chi connectivity index (χ0) is 11.8. The predicted octanol–water partition coefficient (Wildman–Crippen LogP) is 4.61. The van der Waals surface area contributed by atoms with E-state index in [1.54, 1.807) is 0 Å². The molecular formula is C13H11ClN2S. The number of halogens is 1. The number of nitrogens with one attached hydrogen (secondary N) is 2. The standard InChI is InChI=1S/C13H11ClN2S/c14-10-7-12-11(15-13(17)16-12)6-9(10)8-4-2-1-3-5-8/h2,4-7H,1,3H2,(H2,15,16,17). The van der Waals surface area contributed by atoms with E-state index >= 15 is 0 Å². The summed E-state index contributed by atoms with van der Waals surface area (Å²) in [6.07, 6.45) is 8.70. The molecule has 1 aromatic heterocycles. The van der Waals surface area contributed by atoms with Crippen LogP contribution in [0.3, 0.4) is 0 Å². The van der Waals surface area contributed by atoms with Crippen molar-refractivity contribution in [2.45, 2.75) is 12.8 Å². The van der Waals surface area contributed by atoms with Crippen LogP contribution in [-0.2, 0) is 0 Å². The molecule has 0 radical (unpaired) electrons. The third-order valence-corrected chi connectivity index (χ3v) is 3.43. The molecule has 0 aliphatic heterocycles. The molecule has 0 saturated heterocycles. The second kappa shape index (κ2) is 4.17. The molecule has 1 aliphatic carbocycles. The first-order chi connectivity index (χ1) is 8.24. The van der Waals surface area contributed by atoms with E-state index in [0.29, 0.717) is 4.77 Å². The summed E-state index contributed by atoms with van der Waals surface area (Å²) in [7, 11) is 0. The van der Waals surface area contributed by atoms with Gasteiger partial charge in [-0.25, -0.2) is 0 Å². The van der Waals surface area contributed by atoms with Crippen molar-refractivity contribution in [3.05, 3.63) is 45.7 Å². The fraction of sp³-hybridized carbons (Fsp3) is 0.154. The summed E-state index contributed by atoms with van der Waals surface area (Å²) in [4.78, 5) is 6.18. The minimum atomic E-state index is 0.626. The lowest BCUT2D eigenvalue weighted by Gasteiger charge is -2.09. The van der Waals surface area contributed by atoms with E-state index in [1.165, 1.54) is 5.57 Å². The summed E-state index contributed by atoms with van der Waals surface area (Å²) >= 11 is 11.4. The van der Waals surface area contributed by atoms with Crippen LogP contribution in [0, 0.1) is 4.77 Å². The van der Waals surface area contributed by atoms with Crippen LogP contribution in [0.5, 0.6) is 0 Å². The number of aromatic amines is 2. The van der Waals surface area contributed by atoms with Crippen molar-refractivity contribution in [2.75, 3.05) is 0 Å². The van der Waals surface area contributed by atoms with Gasteiger partial charge < -0.3 is 9.97 Å². The summed E-state index contributed by atoms with van der Waals surface area (Å²) in [5.41, 5.74) is 4.18. The molecule has 0 unspecified atom stereocenters. The third-order valence-electron chi connectivity index (χ3n) is 2.91. The van der Waals surface area contributed by atoms with Crippen LogP contribution in [0.4, 0.5) is 0 Å². The van der Waals surface area contributed by atoms with Gasteiger partial charge in [0.15, 0.2) is 4.77 Å². The van der Waals surface area contributed by atoms with Crippen molar-refractivity contribution >= 4 is 40.4 Å². The molecule has 0 bridgehead atoms. The first kappa shape index (κ1) is 10.8. The van der Waals surface area contributed by atoms with Crippen LogP contribution in [0.2, 0.25) is 5.02 Å². The van der Waals surface area contributed by atoms with Gasteiger partial charge in [0.1, 0.15) is 0 Å². The molecule has 2 nitrogen and oxygen atoms in total. The molecule has 1 aromatic carbocycles. The zero-order valence-electron chi connectivity index (χ0n) is 9.09. The topological polar surface area (TPSA) is 31.6 Å². The van der Waals surface area contributed by atoms with Gasteiger partial charge in [0.05, 0.1) is 16.1 Å². The number of imidazole rings is 1. The molecule has 3 rings (SSSR count). The van der Waals surface area contributed by atoms with Crippen LogP contribution >= 0.6 is 23.8 Å². The van der Waals surface area contributed by atoms with Gasteiger partial charge in [-0.15, -0.1) is 0 Å². The highest BCUT2D eigenvalue weighted by atomic mass is 35.5. The highest BCUT2D eigenvalue weighted by Gasteiger charge is 2.09. The number of hydrogen-bond acceptors (Lipinski definition) is 1. The number of benzene rings is 1. The fourth-order valence-corrected chi connectivity index (χ4v) is 2.58. The van der Waals surface area contributed by atoms with Crippen molar-refractivity contribution in [1.29, 1.82) is 0 Å². The monoisotopic (exact) mass is 262 g/mol. The second-order valence-corrected chi connectivity index (χ2v) is 4.91. The van der Waals surface area contributed by atoms with E-state index in [-0.39, 0.29) is 0 Å². The van der Waals surface area contributed by atoms with Crippen molar-refractivity contribution in [2.24, 2.45) is 0 Å². The summed E-state index contributed by atoms with van der Waals surface area (Å²) in [5.74, 6) is 0. The molecule has 17 heavy (non-hydrogen) atoms. The normalized spacial score (nSPS) is 15.2. The summed E-state index contributed by atoms with van der Waals surface area (Å²) in [6, 6.07) is 3.97. The largest absolute Gasteiger partial charge is 0.331 e. The van der Waals surface area contributed by atoms with Crippen molar-refractivity contribution in [3.63, 3.8) is 0 Å². The Morgan fingerprint density at radius 1 is 1.12 bits per heavy atom. The van der Waals surface area contributed by atoms with Gasteiger partial charge in [-0.3, -0.25) is 0 Å². The Morgan fingerprint density at radius 3 is 2.59 bits per heavy atom. The maximum Gasteiger partial charge on any atom is 0.175 e. The number of hydrogen-bond donors (Lipinski definition) is 2. The zero-order valence-corrected chi connectivity index (χ0v) is 10.7. The molecule has 1 aliphatic rings. The average Bonchev–Trinajstić information content (AvgIpc) is 2.68. The van der Waals surface area contributed by atoms with Crippen LogP contribution in [0.25, 0.3) is 16.6 Å². The molecule has 86 valence electrons. The van der Waals surface area contributed by atoms with Gasteiger partial charge in [-0.2, -0.15) is 0 Å². The number of rotatable bonds is 1. The SMILES string of the molecule is S=c1[nH]c2cc(Cl)c(C3=CCCC=C3)cc2[nH]1. The highest BCUT2D eigenvalue weighted by molar-refractivity contribution is 7.71. The quantitative estimate of drug-likeness (QED) is 0.723. The Labute approximate surface area is 109 Å². The van der Waals surface area contributed by atoms with Gasteiger partial charge in [0.2, 0.25) is 0 Å². The molecule has 0 fully saturated rings. The van der Waals surface area contributed by atoms with Crippen LogP contribution < -0.4 is 0 Å². The van der Waals surface area contributed by atoms with Crippen molar-refractivity contribution < 1.29 is 0 Å². The van der Waals surface area contributed by atoms with E-state index in [0.717, 1.165) is 34.5 Å². The third kappa shape index (κ3) is 1.96. The van der Waals surface area contributed by atoms with Gasteiger partial charge in [-0.1, -0.05) is 29.8 Å². The Hall–Kier alpha value is -1.32. The molecule has 4 heteroatoms. The smallest absolute Gasteiger partial charge is 0.175 e. The van der Waals surface area contributed by atoms with Crippen LogP contribution in [0.1, 0.15) is 18.4 Å². The lowest BCUT2D eigenvalue weighted by atomic mass is 9.99. The molecule has 0 atom stereocenters. The minimum Gasteiger partial charge on any atom is -0.331 e.